The van der Waals surface area contributed by atoms with Crippen LogP contribution in [0.4, 0.5) is 10.5 Å². The molecule has 3 aromatic rings. The third-order valence-electron chi connectivity index (χ3n) is 5.97. The van der Waals surface area contributed by atoms with Crippen LogP contribution in [0.3, 0.4) is 0 Å². The second-order valence-electron chi connectivity index (χ2n) is 9.03. The zero-order chi connectivity index (χ0) is 25.9. The lowest BCUT2D eigenvalue weighted by Gasteiger charge is -2.29. The van der Waals surface area contributed by atoms with Gasteiger partial charge in [0.25, 0.3) is 0 Å². The van der Waals surface area contributed by atoms with Crippen LogP contribution in [-0.4, -0.2) is 41.4 Å². The smallest absolute Gasteiger partial charge is 0.322 e. The molecule has 1 heterocycles. The van der Waals surface area contributed by atoms with Gasteiger partial charge in [-0.1, -0.05) is 50.6 Å². The Kier molecular flexibility index (Phi) is 10.4. The molecule has 3 amide bonds. The molecule has 192 valence electrons. The molecule has 1 N–H and O–H groups in total. The van der Waals surface area contributed by atoms with Crippen molar-refractivity contribution in [2.24, 2.45) is 5.92 Å². The van der Waals surface area contributed by atoms with Gasteiger partial charge >= 0.3 is 6.03 Å². The van der Waals surface area contributed by atoms with Gasteiger partial charge in [0.15, 0.2) is 0 Å². The van der Waals surface area contributed by atoms with E-state index in [9.17, 15) is 9.59 Å². The monoisotopic (exact) mass is 507 g/mol. The average Bonchev–Trinajstić information content (AvgIpc) is 3.29. The lowest BCUT2D eigenvalue weighted by Crippen LogP contribution is -2.45. The van der Waals surface area contributed by atoms with Gasteiger partial charge in [0.1, 0.15) is 12.3 Å². The second kappa shape index (κ2) is 13.7. The number of amides is 3. The summed E-state index contributed by atoms with van der Waals surface area (Å²) in [6, 6.07) is 21.1. The molecule has 1 aromatic heterocycles. The molecular weight excluding hydrogens is 470 g/mol. The zero-order valence-electron chi connectivity index (χ0n) is 21.7. The Labute approximate surface area is 218 Å². The van der Waals surface area contributed by atoms with E-state index in [2.05, 4.69) is 38.2 Å². The van der Waals surface area contributed by atoms with E-state index in [0.717, 1.165) is 22.6 Å². The summed E-state index contributed by atoms with van der Waals surface area (Å²) < 4.78 is 5.49. The van der Waals surface area contributed by atoms with Crippen LogP contribution in [0.2, 0.25) is 0 Å². The first kappa shape index (κ1) is 27.3. The molecule has 0 spiro atoms. The molecule has 0 bridgehead atoms. The Morgan fingerprint density at radius 3 is 2.28 bits per heavy atom. The number of carbonyl (C=O) groups excluding carboxylic acids is 2. The van der Waals surface area contributed by atoms with E-state index < -0.39 is 0 Å². The number of nitrogens with zero attached hydrogens (tertiary/aromatic N) is 2. The maximum absolute atomic E-state index is 13.6. The number of nitrogens with one attached hydrogen (secondary N) is 1. The van der Waals surface area contributed by atoms with Gasteiger partial charge in [0.05, 0.1) is 13.2 Å². The predicted octanol–water partition coefficient (Wildman–Crippen LogP) is 6.56. The van der Waals surface area contributed by atoms with E-state index >= 15 is 0 Å². The number of aryl methyl sites for hydroxylation is 1. The highest BCUT2D eigenvalue weighted by atomic mass is 32.1. The molecule has 0 aliphatic heterocycles. The van der Waals surface area contributed by atoms with Gasteiger partial charge in [0, 0.05) is 28.5 Å². The minimum atomic E-state index is -0.278. The SMILES string of the molecule is CCOc1ccc(NC(=O)N(CC(=O)N(Cc2ccccc2)Cc2ccc(C)s2)CC(C)CC)cc1. The van der Waals surface area contributed by atoms with Crippen LogP contribution < -0.4 is 10.1 Å². The minimum absolute atomic E-state index is 0.0182. The van der Waals surface area contributed by atoms with E-state index in [1.54, 1.807) is 16.2 Å². The van der Waals surface area contributed by atoms with Gasteiger partial charge in [0.2, 0.25) is 5.91 Å². The summed E-state index contributed by atoms with van der Waals surface area (Å²) in [5.74, 6) is 0.948. The normalized spacial score (nSPS) is 11.6. The van der Waals surface area contributed by atoms with Crippen molar-refractivity contribution < 1.29 is 14.3 Å². The van der Waals surface area contributed by atoms with Crippen LogP contribution in [0.15, 0.2) is 66.7 Å². The van der Waals surface area contributed by atoms with E-state index in [1.165, 1.54) is 4.88 Å². The number of urea groups is 1. The third kappa shape index (κ3) is 8.41. The van der Waals surface area contributed by atoms with Crippen LogP contribution >= 0.6 is 11.3 Å². The molecule has 0 aliphatic carbocycles. The summed E-state index contributed by atoms with van der Waals surface area (Å²) in [6.07, 6.45) is 0.920. The Hall–Kier alpha value is -3.32. The van der Waals surface area contributed by atoms with Gasteiger partial charge in [-0.25, -0.2) is 4.79 Å². The van der Waals surface area contributed by atoms with E-state index in [0.29, 0.717) is 31.9 Å². The quantitative estimate of drug-likeness (QED) is 0.302. The summed E-state index contributed by atoms with van der Waals surface area (Å²) in [5, 5.41) is 2.95. The largest absolute Gasteiger partial charge is 0.494 e. The van der Waals surface area contributed by atoms with Crippen LogP contribution in [0, 0.1) is 12.8 Å². The topological polar surface area (TPSA) is 61.9 Å². The van der Waals surface area contributed by atoms with Crippen LogP contribution in [0.25, 0.3) is 0 Å². The Balaban J connectivity index is 1.75. The van der Waals surface area contributed by atoms with E-state index in [-0.39, 0.29) is 24.4 Å². The average molecular weight is 508 g/mol. The van der Waals surface area contributed by atoms with Gasteiger partial charge in [-0.3, -0.25) is 4.79 Å². The lowest BCUT2D eigenvalue weighted by atomic mass is 10.1. The maximum Gasteiger partial charge on any atom is 0.322 e. The van der Waals surface area contributed by atoms with E-state index in [4.69, 9.17) is 4.74 Å². The molecule has 1 atom stereocenters. The first-order chi connectivity index (χ1) is 17.4. The molecule has 36 heavy (non-hydrogen) atoms. The number of anilines is 1. The third-order valence-corrected chi connectivity index (χ3v) is 6.96. The van der Waals surface area contributed by atoms with Crippen molar-refractivity contribution in [3.8, 4) is 5.75 Å². The molecule has 1 unspecified atom stereocenters. The maximum atomic E-state index is 13.6. The number of hydrogen-bond acceptors (Lipinski definition) is 4. The summed E-state index contributed by atoms with van der Waals surface area (Å²) >= 11 is 1.69. The summed E-state index contributed by atoms with van der Waals surface area (Å²) in [5.41, 5.74) is 1.73. The van der Waals surface area contributed by atoms with Gasteiger partial charge in [-0.2, -0.15) is 0 Å². The highest BCUT2D eigenvalue weighted by Gasteiger charge is 2.23. The molecule has 0 fully saturated rings. The summed E-state index contributed by atoms with van der Waals surface area (Å²) in [4.78, 5) is 32.7. The fourth-order valence-corrected chi connectivity index (χ4v) is 4.69. The number of carbonyl (C=O) groups is 2. The second-order valence-corrected chi connectivity index (χ2v) is 10.4. The molecule has 0 aliphatic rings. The standard InChI is InChI=1S/C29H37N3O3S/c1-5-22(3)18-32(29(34)30-25-13-15-26(16-14-25)35-6-2)21-28(33)31(19-24-10-8-7-9-11-24)20-27-17-12-23(4)36-27/h7-17,22H,5-6,18-21H2,1-4H3,(H,30,34). The number of ether oxygens (including phenoxy) is 1. The highest BCUT2D eigenvalue weighted by molar-refractivity contribution is 7.11. The Bertz CT molecular complexity index is 1100. The lowest BCUT2D eigenvalue weighted by molar-refractivity contribution is -0.133. The Morgan fingerprint density at radius 2 is 1.67 bits per heavy atom. The Morgan fingerprint density at radius 1 is 0.944 bits per heavy atom. The predicted molar refractivity (Wildman–Crippen MR) is 147 cm³/mol. The van der Waals surface area contributed by atoms with Crippen molar-refractivity contribution in [2.75, 3.05) is 25.0 Å². The molecule has 0 saturated carbocycles. The molecule has 0 radical (unpaired) electrons. The first-order valence-electron chi connectivity index (χ1n) is 12.5. The number of thiophene rings is 1. The molecule has 3 rings (SSSR count). The molecule has 2 aromatic carbocycles. The van der Waals surface area contributed by atoms with Gasteiger partial charge in [-0.05, 0) is 61.7 Å². The van der Waals surface area contributed by atoms with E-state index in [1.807, 2.05) is 66.4 Å². The fourth-order valence-electron chi connectivity index (χ4n) is 3.79. The van der Waals surface area contributed by atoms with Gasteiger partial charge < -0.3 is 19.9 Å². The molecule has 0 saturated heterocycles. The fraction of sp³-hybridized carbons (Fsp3) is 0.379. The molecular formula is C29H37N3O3S. The van der Waals surface area contributed by atoms with Crippen LogP contribution in [-0.2, 0) is 17.9 Å². The molecule has 7 heteroatoms. The van der Waals surface area contributed by atoms with Crippen molar-refractivity contribution in [1.82, 2.24) is 9.80 Å². The molecule has 6 nitrogen and oxygen atoms in total. The zero-order valence-corrected chi connectivity index (χ0v) is 22.5. The van der Waals surface area contributed by atoms with Crippen molar-refractivity contribution >= 4 is 29.0 Å². The van der Waals surface area contributed by atoms with Crippen molar-refractivity contribution in [2.45, 2.75) is 47.2 Å². The number of rotatable bonds is 12. The minimum Gasteiger partial charge on any atom is -0.494 e. The van der Waals surface area contributed by atoms with Crippen LogP contribution in [0.5, 0.6) is 5.75 Å². The van der Waals surface area contributed by atoms with Crippen molar-refractivity contribution in [3.05, 3.63) is 82.0 Å². The number of hydrogen-bond donors (Lipinski definition) is 1. The van der Waals surface area contributed by atoms with Crippen LogP contribution in [0.1, 0.15) is 42.5 Å². The van der Waals surface area contributed by atoms with Crippen molar-refractivity contribution in [3.63, 3.8) is 0 Å². The van der Waals surface area contributed by atoms with Crippen molar-refractivity contribution in [1.29, 1.82) is 0 Å². The number of benzene rings is 2. The summed E-state index contributed by atoms with van der Waals surface area (Å²) in [7, 11) is 0. The van der Waals surface area contributed by atoms with Gasteiger partial charge in [-0.15, -0.1) is 11.3 Å². The first-order valence-corrected chi connectivity index (χ1v) is 13.3. The summed E-state index contributed by atoms with van der Waals surface area (Å²) in [6.45, 7) is 10.3. The highest BCUT2D eigenvalue weighted by Crippen LogP contribution is 2.20.